The van der Waals surface area contributed by atoms with Gasteiger partial charge in [0.15, 0.2) is 0 Å². The van der Waals surface area contributed by atoms with Crippen molar-refractivity contribution in [3.8, 4) is 0 Å². The van der Waals surface area contributed by atoms with Crippen molar-refractivity contribution in [3.63, 3.8) is 0 Å². The predicted molar refractivity (Wildman–Crippen MR) is 83.1 cm³/mol. The molecule has 0 saturated heterocycles. The number of carboxylic acid groups (broad SMARTS) is 1. The van der Waals surface area contributed by atoms with Gasteiger partial charge in [-0.1, -0.05) is 0 Å². The van der Waals surface area contributed by atoms with Crippen molar-refractivity contribution in [3.05, 3.63) is 34.9 Å². The van der Waals surface area contributed by atoms with Crippen LogP contribution in [0.3, 0.4) is 0 Å². The summed E-state index contributed by atoms with van der Waals surface area (Å²) in [6.45, 7) is 4.89. The minimum absolute atomic E-state index is 0.108. The fraction of sp³-hybridized carbons (Fsp3) is 0.500. The zero-order valence-electron chi connectivity index (χ0n) is 14.0. The van der Waals surface area contributed by atoms with Crippen LogP contribution in [-0.4, -0.2) is 45.6 Å². The topological polar surface area (TPSA) is 116 Å². The molecule has 140 valence electrons. The average Bonchev–Trinajstić information content (AvgIpc) is 2.43. The van der Waals surface area contributed by atoms with Gasteiger partial charge >= 0.3 is 12.1 Å². The van der Waals surface area contributed by atoms with E-state index in [1.165, 1.54) is 0 Å². The number of benzene rings is 1. The fourth-order valence-corrected chi connectivity index (χ4v) is 1.98. The second-order valence-electron chi connectivity index (χ2n) is 6.39. The average molecular weight is 361 g/mol. The van der Waals surface area contributed by atoms with E-state index in [1.807, 2.05) is 0 Å². The number of carbonyl (C=O) groups excluding carboxylic acids is 1. The highest BCUT2D eigenvalue weighted by Gasteiger charge is 2.27. The van der Waals surface area contributed by atoms with Crippen molar-refractivity contribution < 1.29 is 38.4 Å². The van der Waals surface area contributed by atoms with E-state index in [2.05, 4.69) is 5.32 Å². The van der Waals surface area contributed by atoms with E-state index in [4.69, 9.17) is 9.84 Å². The number of hydrogen-bond acceptors (Lipinski definition) is 5. The van der Waals surface area contributed by atoms with Gasteiger partial charge in [-0.05, 0) is 39.3 Å². The Balaban J connectivity index is 2.69. The van der Waals surface area contributed by atoms with Crippen LogP contribution in [0.2, 0.25) is 0 Å². The van der Waals surface area contributed by atoms with E-state index in [9.17, 15) is 28.6 Å². The lowest BCUT2D eigenvalue weighted by Crippen LogP contribution is -2.34. The summed E-state index contributed by atoms with van der Waals surface area (Å²) < 4.78 is 32.7. The van der Waals surface area contributed by atoms with Crippen molar-refractivity contribution >= 4 is 12.1 Å². The molecule has 7 nitrogen and oxygen atoms in total. The minimum atomic E-state index is -1.93. The Morgan fingerprint density at radius 2 is 1.72 bits per heavy atom. The summed E-state index contributed by atoms with van der Waals surface area (Å²) in [5.74, 6) is -4.10. The van der Waals surface area contributed by atoms with Crippen LogP contribution in [0, 0.1) is 11.6 Å². The standard InChI is InChI=1S/C16H21F2NO6/c1-16(2,3)25-15(24)19-5-4-11(20)13(21)12-9(17)6-8(14(22)23)7-10(12)18/h6-7,11,13,20-21H,4-5H2,1-3H3,(H,19,24)(H,22,23). The molecule has 4 N–H and O–H groups in total. The van der Waals surface area contributed by atoms with Crippen LogP contribution < -0.4 is 5.32 Å². The van der Waals surface area contributed by atoms with E-state index in [1.54, 1.807) is 20.8 Å². The fourth-order valence-electron chi connectivity index (χ4n) is 1.98. The molecule has 1 amide bonds. The number of rotatable bonds is 6. The molecule has 0 aliphatic rings. The number of amides is 1. The maximum Gasteiger partial charge on any atom is 0.407 e. The molecule has 0 aromatic heterocycles. The highest BCUT2D eigenvalue weighted by atomic mass is 19.1. The summed E-state index contributed by atoms with van der Waals surface area (Å²) in [6.07, 6.45) is -4.46. The molecule has 0 spiro atoms. The molecule has 0 saturated carbocycles. The van der Waals surface area contributed by atoms with Gasteiger partial charge in [-0.2, -0.15) is 0 Å². The Morgan fingerprint density at radius 3 is 2.16 bits per heavy atom. The van der Waals surface area contributed by atoms with Crippen LogP contribution >= 0.6 is 0 Å². The Bertz CT molecular complexity index is 621. The second-order valence-corrected chi connectivity index (χ2v) is 6.39. The number of nitrogens with one attached hydrogen (secondary N) is 1. The summed E-state index contributed by atoms with van der Waals surface area (Å²) in [7, 11) is 0. The maximum absolute atomic E-state index is 13.9. The number of hydrogen-bond donors (Lipinski definition) is 4. The van der Waals surface area contributed by atoms with Crippen LogP contribution in [0.1, 0.15) is 49.2 Å². The summed E-state index contributed by atoms with van der Waals surface area (Å²) in [5, 5.41) is 30.8. The van der Waals surface area contributed by atoms with Crippen LogP contribution in [0.15, 0.2) is 12.1 Å². The second kappa shape index (κ2) is 8.21. The zero-order chi connectivity index (χ0) is 19.4. The van der Waals surface area contributed by atoms with Crippen molar-refractivity contribution in [1.82, 2.24) is 5.32 Å². The molecule has 0 heterocycles. The molecule has 1 aromatic carbocycles. The first-order chi connectivity index (χ1) is 11.4. The van der Waals surface area contributed by atoms with Gasteiger partial charge in [-0.25, -0.2) is 18.4 Å². The molecule has 1 rings (SSSR count). The predicted octanol–water partition coefficient (Wildman–Crippen LogP) is 1.97. The molecule has 2 atom stereocenters. The first-order valence-corrected chi connectivity index (χ1v) is 7.47. The van der Waals surface area contributed by atoms with Crippen molar-refractivity contribution in [2.24, 2.45) is 0 Å². The molecule has 2 unspecified atom stereocenters. The number of halogens is 2. The summed E-state index contributed by atoms with van der Waals surface area (Å²) >= 11 is 0. The molecular formula is C16H21F2NO6. The molecular weight excluding hydrogens is 340 g/mol. The Labute approximate surface area is 143 Å². The van der Waals surface area contributed by atoms with Crippen LogP contribution in [0.5, 0.6) is 0 Å². The highest BCUT2D eigenvalue weighted by molar-refractivity contribution is 5.87. The number of ether oxygens (including phenoxy) is 1. The minimum Gasteiger partial charge on any atom is -0.478 e. The number of aliphatic hydroxyl groups is 2. The number of carboxylic acids is 1. The molecule has 1 aromatic rings. The SMILES string of the molecule is CC(C)(C)OC(=O)NCCC(O)C(O)c1c(F)cc(C(=O)O)cc1F. The number of aromatic carboxylic acids is 1. The van der Waals surface area contributed by atoms with E-state index in [0.29, 0.717) is 12.1 Å². The zero-order valence-corrected chi connectivity index (χ0v) is 14.0. The molecule has 0 aliphatic carbocycles. The maximum atomic E-state index is 13.9. The quantitative estimate of drug-likeness (QED) is 0.616. The lowest BCUT2D eigenvalue weighted by atomic mass is 9.99. The first-order valence-electron chi connectivity index (χ1n) is 7.47. The van der Waals surface area contributed by atoms with Crippen molar-refractivity contribution in [2.45, 2.75) is 45.0 Å². The summed E-state index contributed by atoms with van der Waals surface area (Å²) in [4.78, 5) is 22.2. The van der Waals surface area contributed by atoms with Gasteiger partial charge in [0.2, 0.25) is 0 Å². The highest BCUT2D eigenvalue weighted by Crippen LogP contribution is 2.26. The third-order valence-electron chi connectivity index (χ3n) is 3.09. The van der Waals surface area contributed by atoms with Gasteiger partial charge in [0, 0.05) is 6.54 Å². The molecule has 0 bridgehead atoms. The summed E-state index contributed by atoms with van der Waals surface area (Å²) in [5.41, 5.74) is -2.16. The third kappa shape index (κ3) is 6.28. The molecule has 0 aliphatic heterocycles. The molecule has 0 radical (unpaired) electrons. The van der Waals surface area contributed by atoms with Gasteiger partial charge in [0.1, 0.15) is 23.3 Å². The van der Waals surface area contributed by atoms with Gasteiger partial charge in [0.25, 0.3) is 0 Å². The Kier molecular flexibility index (Phi) is 6.83. The Hall–Kier alpha value is -2.26. The monoisotopic (exact) mass is 361 g/mol. The van der Waals surface area contributed by atoms with Crippen LogP contribution in [0.25, 0.3) is 0 Å². The molecule has 9 heteroatoms. The van der Waals surface area contributed by atoms with Gasteiger partial charge in [-0.3, -0.25) is 0 Å². The molecule has 0 fully saturated rings. The van der Waals surface area contributed by atoms with E-state index in [0.717, 1.165) is 0 Å². The van der Waals surface area contributed by atoms with Crippen LogP contribution in [0.4, 0.5) is 13.6 Å². The number of aliphatic hydroxyl groups excluding tert-OH is 2. The smallest absolute Gasteiger partial charge is 0.407 e. The largest absolute Gasteiger partial charge is 0.478 e. The number of alkyl carbamates (subject to hydrolysis) is 1. The molecule has 25 heavy (non-hydrogen) atoms. The summed E-state index contributed by atoms with van der Waals surface area (Å²) in [6, 6.07) is 1.10. The van der Waals surface area contributed by atoms with Gasteiger partial charge in [0.05, 0.1) is 17.2 Å². The van der Waals surface area contributed by atoms with Crippen molar-refractivity contribution in [2.75, 3.05) is 6.54 Å². The lowest BCUT2D eigenvalue weighted by Gasteiger charge is -2.21. The third-order valence-corrected chi connectivity index (χ3v) is 3.09. The Morgan fingerprint density at radius 1 is 1.20 bits per heavy atom. The van der Waals surface area contributed by atoms with Crippen molar-refractivity contribution in [1.29, 1.82) is 0 Å². The van der Waals surface area contributed by atoms with Gasteiger partial charge in [-0.15, -0.1) is 0 Å². The van der Waals surface area contributed by atoms with Gasteiger partial charge < -0.3 is 25.4 Å². The lowest BCUT2D eigenvalue weighted by molar-refractivity contribution is 0.00826. The van der Waals surface area contributed by atoms with E-state index in [-0.39, 0.29) is 13.0 Å². The van der Waals surface area contributed by atoms with E-state index >= 15 is 0 Å². The van der Waals surface area contributed by atoms with E-state index < -0.39 is 52.6 Å². The van der Waals surface area contributed by atoms with Crippen LogP contribution in [-0.2, 0) is 4.74 Å². The number of carbonyl (C=O) groups is 2. The normalized spacial score (nSPS) is 13.9. The first kappa shape index (κ1) is 20.8.